The Balaban J connectivity index is 1.17. The molecule has 1 aromatic heterocycles. The van der Waals surface area contributed by atoms with Gasteiger partial charge in [0.2, 0.25) is 0 Å². The van der Waals surface area contributed by atoms with Gasteiger partial charge in [-0.1, -0.05) is 12.1 Å². The highest BCUT2D eigenvalue weighted by Gasteiger charge is 2.28. The Morgan fingerprint density at radius 1 is 1.00 bits per heavy atom. The molecule has 8 heteroatoms. The van der Waals surface area contributed by atoms with Crippen LogP contribution in [-0.2, 0) is 4.79 Å². The van der Waals surface area contributed by atoms with Crippen molar-refractivity contribution in [2.24, 2.45) is 0 Å². The van der Waals surface area contributed by atoms with Crippen molar-refractivity contribution < 1.29 is 18.8 Å². The van der Waals surface area contributed by atoms with Gasteiger partial charge in [-0.3, -0.25) is 14.4 Å². The molecule has 3 N–H and O–H groups in total. The molecule has 0 spiro atoms. The van der Waals surface area contributed by atoms with Crippen LogP contribution in [0.3, 0.4) is 0 Å². The first-order valence-corrected chi connectivity index (χ1v) is 13.2. The number of fused-ring (bicyclic) bond motifs is 1. The molecule has 0 atom stereocenters. The van der Waals surface area contributed by atoms with E-state index in [0.29, 0.717) is 46.0 Å². The van der Waals surface area contributed by atoms with Crippen LogP contribution in [0.15, 0.2) is 59.0 Å². The van der Waals surface area contributed by atoms with Gasteiger partial charge in [0, 0.05) is 47.1 Å². The summed E-state index contributed by atoms with van der Waals surface area (Å²) in [6.07, 6.45) is 6.16. The summed E-state index contributed by atoms with van der Waals surface area (Å²) in [7, 11) is 0. The molecular weight excluding hydrogens is 480 g/mol. The number of amides is 3. The second-order valence-electron chi connectivity index (χ2n) is 10.1. The largest absolute Gasteiger partial charge is 0.457 e. The predicted octanol–water partition coefficient (Wildman–Crippen LogP) is 4.16. The maximum Gasteiger partial charge on any atom is 0.256 e. The molecule has 8 nitrogen and oxygen atoms in total. The first-order valence-electron chi connectivity index (χ1n) is 13.2. The molecule has 38 heavy (non-hydrogen) atoms. The van der Waals surface area contributed by atoms with E-state index in [1.165, 1.54) is 12.8 Å². The Bertz CT molecular complexity index is 1430. The minimum absolute atomic E-state index is 0.110. The number of carbonyl (C=O) groups excluding carboxylic acids is 3. The lowest BCUT2D eigenvalue weighted by atomic mass is 10.0. The Labute approximate surface area is 221 Å². The van der Waals surface area contributed by atoms with Gasteiger partial charge in [0.05, 0.1) is 5.57 Å². The Hall–Kier alpha value is -4.17. The SMILES string of the molecule is O=C1Nc2ccc(C(=O)NC3CC3)cc2/C1=C\c1ccc(-c2cccc(C(=O)NCCN3CCCC3)c2)o1. The van der Waals surface area contributed by atoms with Gasteiger partial charge in [-0.25, -0.2) is 0 Å². The average Bonchev–Trinajstić information content (AvgIpc) is 3.29. The molecule has 2 fully saturated rings. The molecule has 1 saturated carbocycles. The number of hydrogen-bond donors (Lipinski definition) is 3. The van der Waals surface area contributed by atoms with Crippen molar-refractivity contribution >= 4 is 35.1 Å². The fourth-order valence-electron chi connectivity index (χ4n) is 4.95. The standard InChI is InChI=1S/C30H30N4O4/c35-28(31-12-15-34-13-1-2-14-34)20-5-3-4-19(16-20)27-11-9-23(38-27)18-25-24-17-21(29(36)32-22-7-8-22)6-10-26(24)33-30(25)37/h3-6,9-11,16-18,22H,1-2,7-8,12-15H2,(H,31,35)(H,32,36)(H,33,37)/b25-18+. The number of likely N-dealkylation sites (tertiary alicyclic amines) is 1. The number of nitrogens with one attached hydrogen (secondary N) is 3. The summed E-state index contributed by atoms with van der Waals surface area (Å²) >= 11 is 0. The van der Waals surface area contributed by atoms with Crippen LogP contribution in [0.4, 0.5) is 5.69 Å². The van der Waals surface area contributed by atoms with E-state index < -0.39 is 0 Å². The molecule has 0 bridgehead atoms. The molecule has 3 aliphatic rings. The molecule has 2 aliphatic heterocycles. The Morgan fingerprint density at radius 2 is 1.82 bits per heavy atom. The van der Waals surface area contributed by atoms with Crippen molar-refractivity contribution in [3.05, 3.63) is 77.0 Å². The zero-order valence-electron chi connectivity index (χ0n) is 21.1. The third-order valence-corrected chi connectivity index (χ3v) is 7.21. The summed E-state index contributed by atoms with van der Waals surface area (Å²) in [4.78, 5) is 40.3. The van der Waals surface area contributed by atoms with Crippen LogP contribution >= 0.6 is 0 Å². The number of anilines is 1. The number of rotatable bonds is 8. The summed E-state index contributed by atoms with van der Waals surface area (Å²) in [5, 5.41) is 8.84. The van der Waals surface area contributed by atoms with Crippen LogP contribution in [-0.4, -0.2) is 54.8 Å². The van der Waals surface area contributed by atoms with Gasteiger partial charge in [-0.05, 0) is 87.3 Å². The molecule has 0 radical (unpaired) electrons. The molecule has 1 aliphatic carbocycles. The van der Waals surface area contributed by atoms with Crippen molar-refractivity contribution in [3.8, 4) is 11.3 Å². The Morgan fingerprint density at radius 3 is 2.63 bits per heavy atom. The second kappa shape index (κ2) is 10.3. The molecule has 194 valence electrons. The van der Waals surface area contributed by atoms with E-state index in [2.05, 4.69) is 20.9 Å². The molecule has 0 unspecified atom stereocenters. The maximum absolute atomic E-state index is 12.7. The maximum atomic E-state index is 12.7. The van der Waals surface area contributed by atoms with E-state index >= 15 is 0 Å². The van der Waals surface area contributed by atoms with Crippen LogP contribution in [0.1, 0.15) is 57.7 Å². The molecule has 3 heterocycles. The summed E-state index contributed by atoms with van der Waals surface area (Å²) in [6.45, 7) is 3.69. The Kier molecular flexibility index (Phi) is 6.55. The molecule has 3 aromatic rings. The van der Waals surface area contributed by atoms with Crippen LogP contribution in [0.2, 0.25) is 0 Å². The summed E-state index contributed by atoms with van der Waals surface area (Å²) < 4.78 is 6.04. The van der Waals surface area contributed by atoms with E-state index in [9.17, 15) is 14.4 Å². The van der Waals surface area contributed by atoms with E-state index in [-0.39, 0.29) is 23.8 Å². The summed E-state index contributed by atoms with van der Waals surface area (Å²) in [5.41, 5.74) is 3.64. The minimum atomic E-state index is -0.245. The zero-order valence-corrected chi connectivity index (χ0v) is 21.1. The van der Waals surface area contributed by atoms with Crippen LogP contribution in [0, 0.1) is 0 Å². The number of hydrogen-bond acceptors (Lipinski definition) is 5. The fourth-order valence-corrected chi connectivity index (χ4v) is 4.95. The van der Waals surface area contributed by atoms with Crippen LogP contribution in [0.25, 0.3) is 23.0 Å². The summed E-state index contributed by atoms with van der Waals surface area (Å²) in [6, 6.07) is 16.4. The highest BCUT2D eigenvalue weighted by atomic mass is 16.3. The molecule has 1 saturated heterocycles. The third kappa shape index (κ3) is 5.26. The lowest BCUT2D eigenvalue weighted by molar-refractivity contribution is -0.110. The first kappa shape index (κ1) is 24.2. The molecule has 3 amide bonds. The number of benzene rings is 2. The average molecular weight is 511 g/mol. The van der Waals surface area contributed by atoms with Crippen molar-refractivity contribution in [1.29, 1.82) is 0 Å². The van der Waals surface area contributed by atoms with Gasteiger partial charge in [0.15, 0.2) is 0 Å². The third-order valence-electron chi connectivity index (χ3n) is 7.21. The highest BCUT2D eigenvalue weighted by molar-refractivity contribution is 6.35. The molecule has 2 aromatic carbocycles. The van der Waals surface area contributed by atoms with Crippen molar-refractivity contribution in [2.75, 3.05) is 31.5 Å². The van der Waals surface area contributed by atoms with E-state index in [4.69, 9.17) is 4.42 Å². The molecule has 6 rings (SSSR count). The van der Waals surface area contributed by atoms with Crippen molar-refractivity contribution in [1.82, 2.24) is 15.5 Å². The predicted molar refractivity (Wildman–Crippen MR) is 146 cm³/mol. The van der Waals surface area contributed by atoms with Gasteiger partial charge in [0.1, 0.15) is 11.5 Å². The van der Waals surface area contributed by atoms with E-state index in [1.54, 1.807) is 36.4 Å². The van der Waals surface area contributed by atoms with Crippen molar-refractivity contribution in [2.45, 2.75) is 31.7 Å². The fraction of sp³-hybridized carbons (Fsp3) is 0.300. The zero-order chi connectivity index (χ0) is 26.1. The smallest absolute Gasteiger partial charge is 0.256 e. The van der Waals surface area contributed by atoms with Crippen molar-refractivity contribution in [3.63, 3.8) is 0 Å². The second-order valence-corrected chi connectivity index (χ2v) is 10.1. The van der Waals surface area contributed by atoms with E-state index in [0.717, 1.165) is 38.0 Å². The normalized spacial score (nSPS) is 17.9. The first-order chi connectivity index (χ1) is 18.5. The lowest BCUT2D eigenvalue weighted by Gasteiger charge is -2.14. The van der Waals surface area contributed by atoms with Gasteiger partial charge < -0.3 is 25.3 Å². The van der Waals surface area contributed by atoms with Crippen LogP contribution in [0.5, 0.6) is 0 Å². The van der Waals surface area contributed by atoms with Gasteiger partial charge in [-0.15, -0.1) is 0 Å². The van der Waals surface area contributed by atoms with Gasteiger partial charge >= 0.3 is 0 Å². The minimum Gasteiger partial charge on any atom is -0.457 e. The summed E-state index contributed by atoms with van der Waals surface area (Å²) in [5.74, 6) is 0.617. The number of carbonyl (C=O) groups is 3. The molecular formula is C30H30N4O4. The lowest BCUT2D eigenvalue weighted by Crippen LogP contribution is -2.33. The van der Waals surface area contributed by atoms with E-state index in [1.807, 2.05) is 24.3 Å². The highest BCUT2D eigenvalue weighted by Crippen LogP contribution is 2.35. The quantitative estimate of drug-likeness (QED) is 0.395. The monoisotopic (exact) mass is 510 g/mol. The van der Waals surface area contributed by atoms with Gasteiger partial charge in [0.25, 0.3) is 17.7 Å². The number of nitrogens with zero attached hydrogens (tertiary/aromatic N) is 1. The number of furan rings is 1. The topological polar surface area (TPSA) is 104 Å². The van der Waals surface area contributed by atoms with Gasteiger partial charge in [-0.2, -0.15) is 0 Å². The van der Waals surface area contributed by atoms with Crippen LogP contribution < -0.4 is 16.0 Å².